The molecule has 35 heavy (non-hydrogen) atoms. The number of anilines is 2. The second-order valence-corrected chi connectivity index (χ2v) is 10.1. The molecule has 3 heterocycles. The average Bonchev–Trinajstić information content (AvgIpc) is 3.75. The number of nitrogens with one attached hydrogen (secondary N) is 1. The van der Waals surface area contributed by atoms with Crippen LogP contribution in [-0.4, -0.2) is 61.0 Å². The minimum atomic E-state index is -0.460. The molecule has 0 bridgehead atoms. The number of nitrogens with zero attached hydrogens (tertiary/aromatic N) is 7. The summed E-state index contributed by atoms with van der Waals surface area (Å²) in [6.07, 6.45) is 7.17. The Hall–Kier alpha value is -3.53. The molecule has 1 atom stereocenters. The van der Waals surface area contributed by atoms with Crippen LogP contribution in [0.1, 0.15) is 47.6 Å². The Morgan fingerprint density at radius 3 is 2.57 bits per heavy atom. The molecule has 10 nitrogen and oxygen atoms in total. The van der Waals surface area contributed by atoms with Crippen LogP contribution in [0.15, 0.2) is 36.8 Å². The Balaban J connectivity index is 1.25. The van der Waals surface area contributed by atoms with Gasteiger partial charge < -0.3 is 10.2 Å². The van der Waals surface area contributed by atoms with E-state index in [4.69, 9.17) is 11.6 Å². The number of carbonyl (C=O) groups excluding carboxylic acids is 2. The highest BCUT2D eigenvalue weighted by molar-refractivity contribution is 6.30. The maximum Gasteiger partial charge on any atom is 0.327 e. The molecule has 3 fully saturated rings. The second kappa shape index (κ2) is 8.01. The van der Waals surface area contributed by atoms with Crippen LogP contribution in [0.2, 0.25) is 5.02 Å². The molecule has 2 aromatic heterocycles. The Bertz CT molecular complexity index is 1320. The predicted octanol–water partition coefficient (Wildman–Crippen LogP) is 3.47. The largest absolute Gasteiger partial charge is 0.343 e. The Kier molecular flexibility index (Phi) is 5.03. The van der Waals surface area contributed by atoms with E-state index in [0.29, 0.717) is 40.8 Å². The Morgan fingerprint density at radius 1 is 1.14 bits per heavy atom. The highest BCUT2D eigenvalue weighted by Gasteiger charge is 2.48. The van der Waals surface area contributed by atoms with Crippen molar-refractivity contribution in [1.82, 2.24) is 29.4 Å². The minimum absolute atomic E-state index is 0.0842. The molecule has 3 aromatic rings. The summed E-state index contributed by atoms with van der Waals surface area (Å²) in [5.41, 5.74) is 0.810. The number of likely N-dealkylation sites (N-methyl/N-ethyl adjacent to an activating group) is 1. The standard InChI is InChI=1S/C24H25ClN8O2/c1-14-27-21(29-22(28-14)33-18(15-3-4-15)11-31(2)23(33)35)30-24(9-10-24)19-12-32(13-26-19)20(34)16-5-7-17(25)8-6-16/h5-8,12-13,15,18H,3-4,9-11H2,1-2H3,(H,27,28,29,30). The van der Waals surface area contributed by atoms with Crippen molar-refractivity contribution in [3.63, 3.8) is 0 Å². The quantitative estimate of drug-likeness (QED) is 0.561. The van der Waals surface area contributed by atoms with Crippen molar-refractivity contribution in [2.24, 2.45) is 5.92 Å². The van der Waals surface area contributed by atoms with Gasteiger partial charge in [-0.3, -0.25) is 14.3 Å². The lowest BCUT2D eigenvalue weighted by Crippen LogP contribution is -2.37. The number of urea groups is 1. The number of carbonyl (C=O) groups is 2. The number of imidazole rings is 1. The van der Waals surface area contributed by atoms with Gasteiger partial charge in [-0.15, -0.1) is 0 Å². The monoisotopic (exact) mass is 492 g/mol. The van der Waals surface area contributed by atoms with Crippen LogP contribution in [-0.2, 0) is 5.54 Å². The lowest BCUT2D eigenvalue weighted by molar-refractivity contribution is 0.0959. The zero-order valence-corrected chi connectivity index (χ0v) is 20.2. The fourth-order valence-electron chi connectivity index (χ4n) is 4.68. The van der Waals surface area contributed by atoms with E-state index in [-0.39, 0.29) is 18.0 Å². The molecule has 3 aliphatic rings. The first kappa shape index (κ1) is 22.0. The molecular weight excluding hydrogens is 468 g/mol. The van der Waals surface area contributed by atoms with Gasteiger partial charge in [0, 0.05) is 30.4 Å². The topological polar surface area (TPSA) is 109 Å². The fourth-order valence-corrected chi connectivity index (χ4v) is 4.80. The number of aromatic nitrogens is 5. The van der Waals surface area contributed by atoms with Crippen LogP contribution in [0.5, 0.6) is 0 Å². The molecule has 180 valence electrons. The fraction of sp³-hybridized carbons (Fsp3) is 0.417. The highest BCUT2D eigenvalue weighted by atomic mass is 35.5. The molecule has 0 spiro atoms. The summed E-state index contributed by atoms with van der Waals surface area (Å²) in [6.45, 7) is 2.48. The zero-order chi connectivity index (χ0) is 24.3. The smallest absolute Gasteiger partial charge is 0.327 e. The number of hydrogen-bond donors (Lipinski definition) is 1. The van der Waals surface area contributed by atoms with Gasteiger partial charge in [-0.1, -0.05) is 11.6 Å². The second-order valence-electron chi connectivity index (χ2n) is 9.63. The van der Waals surface area contributed by atoms with Crippen LogP contribution in [0.3, 0.4) is 0 Å². The molecule has 1 aromatic carbocycles. The van der Waals surface area contributed by atoms with Crippen molar-refractivity contribution in [1.29, 1.82) is 0 Å². The van der Waals surface area contributed by atoms with Crippen LogP contribution in [0.25, 0.3) is 0 Å². The SMILES string of the molecule is Cc1nc(NC2(c3cn(C(=O)c4ccc(Cl)cc4)cn3)CC2)nc(N2C(=O)N(C)CC2C2CC2)n1. The Morgan fingerprint density at radius 2 is 1.89 bits per heavy atom. The van der Waals surface area contributed by atoms with Gasteiger partial charge in [0.15, 0.2) is 0 Å². The summed E-state index contributed by atoms with van der Waals surface area (Å²) >= 11 is 5.94. The van der Waals surface area contributed by atoms with Crippen molar-refractivity contribution in [3.05, 3.63) is 58.9 Å². The first-order valence-corrected chi connectivity index (χ1v) is 12.1. The lowest BCUT2D eigenvalue weighted by Gasteiger charge is -2.22. The van der Waals surface area contributed by atoms with E-state index < -0.39 is 5.54 Å². The van der Waals surface area contributed by atoms with Crippen molar-refractivity contribution in [2.75, 3.05) is 23.8 Å². The first-order valence-electron chi connectivity index (χ1n) is 11.7. The molecule has 11 heteroatoms. The van der Waals surface area contributed by atoms with Crippen molar-refractivity contribution in [3.8, 4) is 0 Å². The molecule has 2 aliphatic carbocycles. The van der Waals surface area contributed by atoms with Gasteiger partial charge in [0.25, 0.3) is 5.91 Å². The first-order chi connectivity index (χ1) is 16.8. The van der Waals surface area contributed by atoms with E-state index in [1.807, 2.05) is 7.05 Å². The third-order valence-electron chi connectivity index (χ3n) is 6.94. The van der Waals surface area contributed by atoms with Gasteiger partial charge in [-0.25, -0.2) is 9.78 Å². The van der Waals surface area contributed by atoms with Gasteiger partial charge >= 0.3 is 6.03 Å². The maximum atomic E-state index is 12.9. The average molecular weight is 493 g/mol. The van der Waals surface area contributed by atoms with Gasteiger partial charge in [-0.2, -0.15) is 15.0 Å². The number of amides is 2. The molecule has 1 N–H and O–H groups in total. The number of aryl methyl sites for hydroxylation is 1. The summed E-state index contributed by atoms with van der Waals surface area (Å²) in [5, 5.41) is 3.99. The highest BCUT2D eigenvalue weighted by Crippen LogP contribution is 2.47. The number of benzene rings is 1. The summed E-state index contributed by atoms with van der Waals surface area (Å²) < 4.78 is 1.48. The Labute approximate surface area is 207 Å². The van der Waals surface area contributed by atoms with E-state index in [9.17, 15) is 9.59 Å². The zero-order valence-electron chi connectivity index (χ0n) is 19.5. The van der Waals surface area contributed by atoms with Crippen LogP contribution in [0.4, 0.5) is 16.7 Å². The van der Waals surface area contributed by atoms with E-state index >= 15 is 0 Å². The molecular formula is C24H25ClN8O2. The lowest BCUT2D eigenvalue weighted by atomic mass is 10.2. The van der Waals surface area contributed by atoms with Crippen LogP contribution >= 0.6 is 11.6 Å². The summed E-state index contributed by atoms with van der Waals surface area (Å²) in [6, 6.07) is 6.76. The molecule has 1 saturated heterocycles. The molecule has 6 rings (SSSR count). The van der Waals surface area contributed by atoms with Crippen molar-refractivity contribution >= 4 is 35.4 Å². The predicted molar refractivity (Wildman–Crippen MR) is 130 cm³/mol. The van der Waals surface area contributed by atoms with Crippen molar-refractivity contribution < 1.29 is 9.59 Å². The number of rotatable bonds is 6. The molecule has 1 unspecified atom stereocenters. The molecule has 1 aliphatic heterocycles. The van der Waals surface area contributed by atoms with Gasteiger partial charge in [-0.05, 0) is 62.8 Å². The summed E-state index contributed by atoms with van der Waals surface area (Å²) in [4.78, 5) is 47.3. The van der Waals surface area contributed by atoms with Crippen LogP contribution in [0, 0.1) is 12.8 Å². The maximum absolute atomic E-state index is 12.9. The molecule has 2 saturated carbocycles. The normalized spacial score (nSPS) is 20.9. The van der Waals surface area contributed by atoms with Crippen molar-refractivity contribution in [2.45, 2.75) is 44.2 Å². The third-order valence-corrected chi connectivity index (χ3v) is 7.19. The number of halogens is 1. The summed E-state index contributed by atoms with van der Waals surface area (Å²) in [7, 11) is 1.81. The van der Waals surface area contributed by atoms with Crippen LogP contribution < -0.4 is 10.2 Å². The van der Waals surface area contributed by atoms with Gasteiger partial charge in [0.05, 0.1) is 17.3 Å². The van der Waals surface area contributed by atoms with E-state index in [1.165, 1.54) is 10.9 Å². The molecule has 0 radical (unpaired) electrons. The molecule has 2 amide bonds. The van der Waals surface area contributed by atoms with E-state index in [1.54, 1.807) is 47.2 Å². The van der Waals surface area contributed by atoms with E-state index in [2.05, 4.69) is 25.3 Å². The number of hydrogen-bond acceptors (Lipinski definition) is 7. The van der Waals surface area contributed by atoms with Gasteiger partial charge in [0.2, 0.25) is 11.9 Å². The minimum Gasteiger partial charge on any atom is -0.343 e. The van der Waals surface area contributed by atoms with Gasteiger partial charge in [0.1, 0.15) is 12.2 Å². The summed E-state index contributed by atoms with van der Waals surface area (Å²) in [5.74, 6) is 1.63. The third kappa shape index (κ3) is 4.01. The van der Waals surface area contributed by atoms with E-state index in [0.717, 1.165) is 31.4 Å².